The molecular weight excluding hydrogens is 274 g/mol. The molecule has 0 aliphatic rings. The molecule has 0 aromatic heterocycles. The van der Waals surface area contributed by atoms with Crippen LogP contribution in [0.1, 0.15) is 11.1 Å². The van der Waals surface area contributed by atoms with Gasteiger partial charge in [0.2, 0.25) is 5.91 Å². The minimum absolute atomic E-state index is 0.0928. The van der Waals surface area contributed by atoms with E-state index in [0.717, 1.165) is 5.56 Å². The van der Waals surface area contributed by atoms with Crippen LogP contribution in [0.5, 0.6) is 0 Å². The van der Waals surface area contributed by atoms with Crippen molar-refractivity contribution in [3.05, 3.63) is 71.3 Å². The van der Waals surface area contributed by atoms with Crippen LogP contribution in [-0.2, 0) is 17.9 Å². The molecule has 0 aliphatic heterocycles. The number of benzene rings is 2. The maximum absolute atomic E-state index is 13.3. The zero-order valence-electron chi connectivity index (χ0n) is 11.4. The quantitative estimate of drug-likeness (QED) is 0.857. The van der Waals surface area contributed by atoms with E-state index in [9.17, 15) is 13.6 Å². The van der Waals surface area contributed by atoms with E-state index < -0.39 is 0 Å². The Morgan fingerprint density at radius 2 is 1.67 bits per heavy atom. The Kier molecular flexibility index (Phi) is 5.40. The van der Waals surface area contributed by atoms with Crippen molar-refractivity contribution in [1.29, 1.82) is 0 Å². The molecule has 110 valence electrons. The third-order valence-corrected chi connectivity index (χ3v) is 2.96. The summed E-state index contributed by atoms with van der Waals surface area (Å²) >= 11 is 0. The van der Waals surface area contributed by atoms with Crippen LogP contribution in [0.4, 0.5) is 8.78 Å². The summed E-state index contributed by atoms with van der Waals surface area (Å²) in [5, 5.41) is 5.58. The molecule has 0 unspecified atom stereocenters. The summed E-state index contributed by atoms with van der Waals surface area (Å²) in [6.07, 6.45) is 0. The fourth-order valence-electron chi connectivity index (χ4n) is 1.82. The van der Waals surface area contributed by atoms with Crippen LogP contribution in [0.3, 0.4) is 0 Å². The summed E-state index contributed by atoms with van der Waals surface area (Å²) in [6, 6.07) is 12.3. The number of amides is 1. The minimum atomic E-state index is -0.309. The van der Waals surface area contributed by atoms with Crippen LogP contribution in [0.15, 0.2) is 48.5 Å². The van der Waals surface area contributed by atoms with Crippen LogP contribution in [0.2, 0.25) is 0 Å². The Labute approximate surface area is 122 Å². The second-order valence-corrected chi connectivity index (χ2v) is 4.60. The molecule has 0 heterocycles. The second-order valence-electron chi connectivity index (χ2n) is 4.60. The first-order valence-corrected chi connectivity index (χ1v) is 6.60. The van der Waals surface area contributed by atoms with E-state index >= 15 is 0 Å². The molecule has 0 saturated heterocycles. The van der Waals surface area contributed by atoms with Crippen LogP contribution >= 0.6 is 0 Å². The first-order chi connectivity index (χ1) is 10.1. The molecule has 3 nitrogen and oxygen atoms in total. The molecule has 0 aliphatic carbocycles. The maximum atomic E-state index is 13.3. The molecular formula is C16H16F2N2O. The summed E-state index contributed by atoms with van der Waals surface area (Å²) in [6.45, 7) is 0.715. The van der Waals surface area contributed by atoms with Gasteiger partial charge in [0.25, 0.3) is 0 Å². The third kappa shape index (κ3) is 4.96. The van der Waals surface area contributed by atoms with Crippen LogP contribution in [0.25, 0.3) is 0 Å². The van der Waals surface area contributed by atoms with Gasteiger partial charge in [-0.05, 0) is 23.8 Å². The predicted molar refractivity (Wildman–Crippen MR) is 76.4 cm³/mol. The van der Waals surface area contributed by atoms with Gasteiger partial charge in [0.15, 0.2) is 0 Å². The number of nitrogens with one attached hydrogen (secondary N) is 2. The molecule has 0 fully saturated rings. The molecule has 5 heteroatoms. The van der Waals surface area contributed by atoms with Crippen molar-refractivity contribution >= 4 is 5.91 Å². The molecule has 2 rings (SSSR count). The molecule has 21 heavy (non-hydrogen) atoms. The van der Waals surface area contributed by atoms with Crippen molar-refractivity contribution in [3.8, 4) is 0 Å². The standard InChI is InChI=1S/C16H16F2N2O/c17-14-7-5-12(6-8-14)9-20-16(21)11-19-10-13-3-1-2-4-15(13)18/h1-8,19H,9-11H2,(H,20,21). The van der Waals surface area contributed by atoms with Gasteiger partial charge in [-0.2, -0.15) is 0 Å². The highest BCUT2D eigenvalue weighted by atomic mass is 19.1. The van der Waals surface area contributed by atoms with Crippen molar-refractivity contribution in [2.45, 2.75) is 13.1 Å². The summed E-state index contributed by atoms with van der Waals surface area (Å²) < 4.78 is 26.1. The van der Waals surface area contributed by atoms with E-state index in [1.165, 1.54) is 18.2 Å². The summed E-state index contributed by atoms with van der Waals surface area (Å²) in [5.74, 6) is -0.802. The van der Waals surface area contributed by atoms with Gasteiger partial charge in [0.05, 0.1) is 6.54 Å². The SMILES string of the molecule is O=C(CNCc1ccccc1F)NCc1ccc(F)cc1. The number of rotatable bonds is 6. The average Bonchev–Trinajstić information content (AvgIpc) is 2.49. The largest absolute Gasteiger partial charge is 0.351 e. The normalized spacial score (nSPS) is 10.4. The molecule has 0 atom stereocenters. The number of hydrogen-bond acceptors (Lipinski definition) is 2. The highest BCUT2D eigenvalue weighted by Crippen LogP contribution is 2.05. The highest BCUT2D eigenvalue weighted by Gasteiger charge is 2.03. The molecule has 2 N–H and O–H groups in total. The molecule has 0 bridgehead atoms. The number of hydrogen-bond donors (Lipinski definition) is 2. The third-order valence-electron chi connectivity index (χ3n) is 2.96. The van der Waals surface area contributed by atoms with Gasteiger partial charge in [-0.3, -0.25) is 4.79 Å². The van der Waals surface area contributed by atoms with Gasteiger partial charge >= 0.3 is 0 Å². The van der Waals surface area contributed by atoms with E-state index in [1.807, 2.05) is 0 Å². The lowest BCUT2D eigenvalue weighted by molar-refractivity contribution is -0.120. The van der Waals surface area contributed by atoms with Crippen molar-refractivity contribution < 1.29 is 13.6 Å². The van der Waals surface area contributed by atoms with Crippen LogP contribution in [-0.4, -0.2) is 12.5 Å². The molecule has 2 aromatic rings. The van der Waals surface area contributed by atoms with Crippen molar-refractivity contribution in [2.75, 3.05) is 6.54 Å². The van der Waals surface area contributed by atoms with Crippen molar-refractivity contribution in [3.63, 3.8) is 0 Å². The molecule has 1 amide bonds. The van der Waals surface area contributed by atoms with E-state index in [0.29, 0.717) is 12.1 Å². The lowest BCUT2D eigenvalue weighted by atomic mass is 10.2. The molecule has 2 aromatic carbocycles. The molecule has 0 radical (unpaired) electrons. The number of carbonyl (C=O) groups excluding carboxylic acids is 1. The summed E-state index contributed by atoms with van der Waals surface area (Å²) in [4.78, 5) is 11.6. The number of carbonyl (C=O) groups is 1. The zero-order chi connectivity index (χ0) is 15.1. The fourth-order valence-corrected chi connectivity index (χ4v) is 1.82. The Bertz CT molecular complexity index is 599. The maximum Gasteiger partial charge on any atom is 0.234 e. The van der Waals surface area contributed by atoms with Crippen molar-refractivity contribution in [1.82, 2.24) is 10.6 Å². The van der Waals surface area contributed by atoms with Gasteiger partial charge in [0, 0.05) is 18.7 Å². The van der Waals surface area contributed by atoms with E-state index in [2.05, 4.69) is 10.6 Å². The summed E-state index contributed by atoms with van der Waals surface area (Å²) in [5.41, 5.74) is 1.34. The van der Waals surface area contributed by atoms with Gasteiger partial charge in [0.1, 0.15) is 11.6 Å². The van der Waals surface area contributed by atoms with E-state index in [1.54, 1.807) is 30.3 Å². The molecule has 0 saturated carbocycles. The van der Waals surface area contributed by atoms with Gasteiger partial charge in [-0.25, -0.2) is 8.78 Å². The highest BCUT2D eigenvalue weighted by molar-refractivity contribution is 5.77. The predicted octanol–water partition coefficient (Wildman–Crippen LogP) is 2.37. The minimum Gasteiger partial charge on any atom is -0.351 e. The second kappa shape index (κ2) is 7.50. The van der Waals surface area contributed by atoms with Gasteiger partial charge in [-0.1, -0.05) is 30.3 Å². The summed E-state index contributed by atoms with van der Waals surface area (Å²) in [7, 11) is 0. The van der Waals surface area contributed by atoms with Gasteiger partial charge in [-0.15, -0.1) is 0 Å². The van der Waals surface area contributed by atoms with E-state index in [4.69, 9.17) is 0 Å². The lowest BCUT2D eigenvalue weighted by Gasteiger charge is -2.07. The average molecular weight is 290 g/mol. The molecule has 0 spiro atoms. The van der Waals surface area contributed by atoms with Crippen LogP contribution < -0.4 is 10.6 Å². The van der Waals surface area contributed by atoms with Crippen LogP contribution in [0, 0.1) is 11.6 Å². The Morgan fingerprint density at radius 1 is 0.952 bits per heavy atom. The first-order valence-electron chi connectivity index (χ1n) is 6.60. The monoisotopic (exact) mass is 290 g/mol. The zero-order valence-corrected chi connectivity index (χ0v) is 11.4. The topological polar surface area (TPSA) is 41.1 Å². The fraction of sp³-hybridized carbons (Fsp3) is 0.188. The Hall–Kier alpha value is -2.27. The lowest BCUT2D eigenvalue weighted by Crippen LogP contribution is -2.33. The van der Waals surface area contributed by atoms with Crippen molar-refractivity contribution in [2.24, 2.45) is 0 Å². The Morgan fingerprint density at radius 3 is 2.38 bits per heavy atom. The van der Waals surface area contributed by atoms with E-state index in [-0.39, 0.29) is 30.6 Å². The smallest absolute Gasteiger partial charge is 0.234 e. The number of halogens is 2. The Balaban J connectivity index is 1.70. The van der Waals surface area contributed by atoms with Gasteiger partial charge < -0.3 is 10.6 Å². The first kappa shape index (κ1) is 15.1.